The van der Waals surface area contributed by atoms with Crippen LogP contribution < -0.4 is 15.4 Å². The lowest BCUT2D eigenvalue weighted by atomic mass is 10.1. The topological polar surface area (TPSA) is 53.6 Å². The largest absolute Gasteiger partial charge is 0.457 e. The van der Waals surface area contributed by atoms with Gasteiger partial charge in [0.2, 0.25) is 5.91 Å². The van der Waals surface area contributed by atoms with Crippen molar-refractivity contribution in [1.29, 1.82) is 0 Å². The fourth-order valence-electron chi connectivity index (χ4n) is 4.10. The summed E-state index contributed by atoms with van der Waals surface area (Å²) in [5.74, 6) is 1.69. The summed E-state index contributed by atoms with van der Waals surface area (Å²) >= 11 is 6.01. The van der Waals surface area contributed by atoms with E-state index in [1.54, 1.807) is 7.05 Å². The molecule has 0 aliphatic carbocycles. The molecule has 1 aliphatic rings. The Labute approximate surface area is 194 Å². The summed E-state index contributed by atoms with van der Waals surface area (Å²) in [6, 6.07) is 25.8. The molecule has 0 unspecified atom stereocenters. The van der Waals surface area contributed by atoms with Crippen LogP contribution in [-0.2, 0) is 17.9 Å². The van der Waals surface area contributed by atoms with E-state index in [2.05, 4.69) is 27.7 Å². The normalized spacial score (nSPS) is 18.4. The molecule has 0 saturated carbocycles. The van der Waals surface area contributed by atoms with Crippen LogP contribution in [0.4, 0.5) is 0 Å². The number of para-hydroxylation sites is 1. The van der Waals surface area contributed by atoms with E-state index >= 15 is 0 Å². The molecule has 0 bridgehead atoms. The number of likely N-dealkylation sites (tertiary alicyclic amines) is 1. The smallest absolute Gasteiger partial charge is 0.237 e. The van der Waals surface area contributed by atoms with Crippen molar-refractivity contribution < 1.29 is 9.53 Å². The van der Waals surface area contributed by atoms with Crippen LogP contribution >= 0.6 is 11.6 Å². The molecule has 6 heteroatoms. The van der Waals surface area contributed by atoms with Crippen molar-refractivity contribution in [2.75, 3.05) is 13.6 Å². The number of likely N-dealkylation sites (N-methyl/N-ethyl adjacent to an activating group) is 1. The van der Waals surface area contributed by atoms with Gasteiger partial charge >= 0.3 is 0 Å². The van der Waals surface area contributed by atoms with Crippen molar-refractivity contribution in [3.8, 4) is 11.5 Å². The Morgan fingerprint density at radius 2 is 1.75 bits per heavy atom. The van der Waals surface area contributed by atoms with Gasteiger partial charge in [-0.25, -0.2) is 0 Å². The highest BCUT2D eigenvalue weighted by atomic mass is 35.5. The van der Waals surface area contributed by atoms with E-state index < -0.39 is 0 Å². The van der Waals surface area contributed by atoms with Crippen molar-refractivity contribution >= 4 is 17.5 Å². The molecule has 32 heavy (non-hydrogen) atoms. The Morgan fingerprint density at radius 3 is 2.50 bits per heavy atom. The molecule has 4 rings (SSSR count). The summed E-state index contributed by atoms with van der Waals surface area (Å²) < 4.78 is 5.95. The predicted octanol–water partition coefficient (Wildman–Crippen LogP) is 4.61. The van der Waals surface area contributed by atoms with Crippen LogP contribution in [0.3, 0.4) is 0 Å². The van der Waals surface area contributed by atoms with Gasteiger partial charge in [0.15, 0.2) is 0 Å². The first-order chi connectivity index (χ1) is 15.6. The molecule has 0 spiro atoms. The van der Waals surface area contributed by atoms with E-state index in [0.29, 0.717) is 13.1 Å². The van der Waals surface area contributed by atoms with Gasteiger partial charge in [-0.3, -0.25) is 9.69 Å². The van der Waals surface area contributed by atoms with Crippen LogP contribution in [0.1, 0.15) is 17.5 Å². The molecule has 166 valence electrons. The number of ether oxygens (including phenoxy) is 1. The minimum absolute atomic E-state index is 0.0570. The first-order valence-electron chi connectivity index (χ1n) is 10.9. The Kier molecular flexibility index (Phi) is 7.43. The van der Waals surface area contributed by atoms with Crippen molar-refractivity contribution in [3.05, 3.63) is 95.0 Å². The Bertz CT molecular complexity index is 1030. The van der Waals surface area contributed by atoms with Crippen LogP contribution in [0.15, 0.2) is 78.9 Å². The van der Waals surface area contributed by atoms with Gasteiger partial charge in [-0.1, -0.05) is 54.1 Å². The third-order valence-corrected chi connectivity index (χ3v) is 5.98. The standard InChI is InChI=1S/C26H28ClN3O2/c1-28-26(31)25-15-22(18-30(25)17-19-10-12-21(27)13-11-19)29-16-20-6-5-9-24(14-20)32-23-7-3-2-4-8-23/h2-14,22,25,29H,15-18H2,1H3,(H,28,31)/t22-,25-/m0/s1. The Hall–Kier alpha value is -2.86. The molecule has 3 aromatic carbocycles. The highest BCUT2D eigenvalue weighted by molar-refractivity contribution is 6.30. The van der Waals surface area contributed by atoms with E-state index in [9.17, 15) is 4.79 Å². The van der Waals surface area contributed by atoms with Crippen LogP contribution in [-0.4, -0.2) is 36.5 Å². The highest BCUT2D eigenvalue weighted by Gasteiger charge is 2.36. The van der Waals surface area contributed by atoms with Gasteiger partial charge in [0.25, 0.3) is 0 Å². The number of hydrogen-bond donors (Lipinski definition) is 2. The number of benzene rings is 3. The second-order valence-electron chi connectivity index (χ2n) is 8.06. The minimum Gasteiger partial charge on any atom is -0.457 e. The lowest BCUT2D eigenvalue weighted by Crippen LogP contribution is -2.41. The number of halogens is 1. The van der Waals surface area contributed by atoms with Gasteiger partial charge in [-0.15, -0.1) is 0 Å². The van der Waals surface area contributed by atoms with Crippen LogP contribution in [0, 0.1) is 0 Å². The highest BCUT2D eigenvalue weighted by Crippen LogP contribution is 2.24. The molecule has 0 radical (unpaired) electrons. The molecule has 2 N–H and O–H groups in total. The number of carbonyl (C=O) groups excluding carboxylic acids is 1. The maximum absolute atomic E-state index is 12.5. The number of nitrogens with one attached hydrogen (secondary N) is 2. The van der Waals surface area contributed by atoms with E-state index in [1.807, 2.05) is 66.7 Å². The Morgan fingerprint density at radius 1 is 1.00 bits per heavy atom. The molecule has 1 aliphatic heterocycles. The van der Waals surface area contributed by atoms with Crippen LogP contribution in [0.5, 0.6) is 11.5 Å². The monoisotopic (exact) mass is 449 g/mol. The summed E-state index contributed by atoms with van der Waals surface area (Å²) in [7, 11) is 1.70. The molecule has 1 amide bonds. The average molecular weight is 450 g/mol. The third kappa shape index (κ3) is 5.88. The second-order valence-corrected chi connectivity index (χ2v) is 8.50. The number of hydrogen-bond acceptors (Lipinski definition) is 4. The average Bonchev–Trinajstić information content (AvgIpc) is 3.22. The Balaban J connectivity index is 1.37. The maximum atomic E-state index is 12.5. The van der Waals surface area contributed by atoms with Gasteiger partial charge in [0, 0.05) is 37.7 Å². The molecular weight excluding hydrogens is 422 g/mol. The van der Waals surface area contributed by atoms with E-state index in [0.717, 1.165) is 40.6 Å². The van der Waals surface area contributed by atoms with Crippen molar-refractivity contribution in [1.82, 2.24) is 15.5 Å². The van der Waals surface area contributed by atoms with Crippen LogP contribution in [0.2, 0.25) is 5.02 Å². The molecule has 2 atom stereocenters. The molecule has 0 aromatic heterocycles. The third-order valence-electron chi connectivity index (χ3n) is 5.72. The quantitative estimate of drug-likeness (QED) is 0.527. The first kappa shape index (κ1) is 22.3. The number of carbonyl (C=O) groups is 1. The van der Waals surface area contributed by atoms with E-state index in [1.165, 1.54) is 0 Å². The maximum Gasteiger partial charge on any atom is 0.237 e. The molecule has 3 aromatic rings. The van der Waals surface area contributed by atoms with E-state index in [4.69, 9.17) is 16.3 Å². The first-order valence-corrected chi connectivity index (χ1v) is 11.2. The SMILES string of the molecule is CNC(=O)[C@@H]1C[C@H](NCc2cccc(Oc3ccccc3)c2)CN1Cc1ccc(Cl)cc1. The molecule has 1 saturated heterocycles. The fraction of sp³-hybridized carbons (Fsp3) is 0.269. The van der Waals surface area contributed by atoms with Crippen LogP contribution in [0.25, 0.3) is 0 Å². The molecular formula is C26H28ClN3O2. The van der Waals surface area contributed by atoms with Gasteiger partial charge in [0.05, 0.1) is 6.04 Å². The second kappa shape index (κ2) is 10.6. The van der Waals surface area contributed by atoms with Crippen molar-refractivity contribution in [2.24, 2.45) is 0 Å². The number of amides is 1. The minimum atomic E-state index is -0.152. The molecule has 1 heterocycles. The summed E-state index contributed by atoms with van der Waals surface area (Å²) in [5, 5.41) is 7.15. The fourth-order valence-corrected chi connectivity index (χ4v) is 4.22. The van der Waals surface area contributed by atoms with Crippen molar-refractivity contribution in [2.45, 2.75) is 31.6 Å². The number of nitrogens with zero attached hydrogens (tertiary/aromatic N) is 1. The summed E-state index contributed by atoms with van der Waals surface area (Å²) in [6.45, 7) is 2.24. The molecule has 5 nitrogen and oxygen atoms in total. The summed E-state index contributed by atoms with van der Waals surface area (Å²) in [6.07, 6.45) is 0.771. The molecule has 1 fully saturated rings. The van der Waals surface area contributed by atoms with Gasteiger partial charge in [0.1, 0.15) is 11.5 Å². The van der Waals surface area contributed by atoms with Gasteiger partial charge < -0.3 is 15.4 Å². The zero-order valence-corrected chi connectivity index (χ0v) is 18.9. The summed E-state index contributed by atoms with van der Waals surface area (Å²) in [4.78, 5) is 14.7. The zero-order valence-electron chi connectivity index (χ0n) is 18.1. The van der Waals surface area contributed by atoms with Gasteiger partial charge in [-0.05, 0) is 53.9 Å². The lowest BCUT2D eigenvalue weighted by molar-refractivity contribution is -0.125. The van der Waals surface area contributed by atoms with Crippen molar-refractivity contribution in [3.63, 3.8) is 0 Å². The van der Waals surface area contributed by atoms with Gasteiger partial charge in [-0.2, -0.15) is 0 Å². The predicted molar refractivity (Wildman–Crippen MR) is 128 cm³/mol. The van der Waals surface area contributed by atoms with E-state index in [-0.39, 0.29) is 18.0 Å². The lowest BCUT2D eigenvalue weighted by Gasteiger charge is -2.23. The summed E-state index contributed by atoms with van der Waals surface area (Å²) in [5.41, 5.74) is 2.29. The zero-order chi connectivity index (χ0) is 22.3. The number of rotatable bonds is 8.